The second-order valence-corrected chi connectivity index (χ2v) is 5.56. The number of amides is 1. The molecular formula is C17H18N4O2. The van der Waals surface area contributed by atoms with Crippen molar-refractivity contribution in [3.63, 3.8) is 0 Å². The molecule has 23 heavy (non-hydrogen) atoms. The van der Waals surface area contributed by atoms with Crippen LogP contribution in [0.2, 0.25) is 0 Å². The standard InChI is InChI=1S/C17H18N4O2/c18-9-13-8-16(20-10-13)17(22)21(12-15-5-3-7-23-15)11-14-4-1-2-6-19-14/h1-2,4,6,8,10,15,20H,3,5,7,11-12H2. The Morgan fingerprint density at radius 1 is 1.52 bits per heavy atom. The monoisotopic (exact) mass is 310 g/mol. The van der Waals surface area contributed by atoms with Crippen molar-refractivity contribution in [2.24, 2.45) is 0 Å². The molecular weight excluding hydrogens is 292 g/mol. The van der Waals surface area contributed by atoms with Gasteiger partial charge in [0.1, 0.15) is 11.8 Å². The van der Waals surface area contributed by atoms with Gasteiger partial charge in [0.15, 0.2) is 0 Å². The second-order valence-electron chi connectivity index (χ2n) is 5.56. The van der Waals surface area contributed by atoms with Gasteiger partial charge in [0.25, 0.3) is 5.91 Å². The molecule has 1 N–H and O–H groups in total. The van der Waals surface area contributed by atoms with Gasteiger partial charge in [-0.2, -0.15) is 5.26 Å². The topological polar surface area (TPSA) is 82.0 Å². The Hall–Kier alpha value is -2.65. The minimum atomic E-state index is -0.146. The normalized spacial score (nSPS) is 16.9. The van der Waals surface area contributed by atoms with E-state index in [9.17, 15) is 4.79 Å². The summed E-state index contributed by atoms with van der Waals surface area (Å²) in [4.78, 5) is 21.7. The van der Waals surface area contributed by atoms with Crippen molar-refractivity contribution >= 4 is 5.91 Å². The number of nitriles is 1. The third-order valence-electron chi connectivity index (χ3n) is 3.86. The number of carbonyl (C=O) groups excluding carboxylic acids is 1. The molecule has 0 aromatic carbocycles. The van der Waals surface area contributed by atoms with E-state index in [0.717, 1.165) is 25.1 Å². The average molecular weight is 310 g/mol. The highest BCUT2D eigenvalue weighted by atomic mass is 16.5. The van der Waals surface area contributed by atoms with Crippen LogP contribution in [0.3, 0.4) is 0 Å². The molecule has 1 aliphatic rings. The van der Waals surface area contributed by atoms with Crippen LogP contribution >= 0.6 is 0 Å². The lowest BCUT2D eigenvalue weighted by Gasteiger charge is -2.24. The lowest BCUT2D eigenvalue weighted by atomic mass is 10.2. The predicted octanol–water partition coefficient (Wildman–Crippen LogP) is 2.10. The molecule has 118 valence electrons. The number of aromatic nitrogens is 2. The molecule has 0 aliphatic carbocycles. The molecule has 3 rings (SSSR count). The summed E-state index contributed by atoms with van der Waals surface area (Å²) in [5.74, 6) is -0.146. The Balaban J connectivity index is 1.78. The van der Waals surface area contributed by atoms with Crippen molar-refractivity contribution in [3.8, 4) is 6.07 Å². The molecule has 1 amide bonds. The van der Waals surface area contributed by atoms with E-state index in [1.54, 1.807) is 17.2 Å². The number of hydrogen-bond acceptors (Lipinski definition) is 4. The number of nitrogens with one attached hydrogen (secondary N) is 1. The summed E-state index contributed by atoms with van der Waals surface area (Å²) < 4.78 is 5.66. The molecule has 6 heteroatoms. The van der Waals surface area contributed by atoms with Crippen LogP contribution in [0.1, 0.15) is 34.6 Å². The molecule has 3 heterocycles. The van der Waals surface area contributed by atoms with Crippen molar-refractivity contribution in [3.05, 3.63) is 53.6 Å². The third-order valence-corrected chi connectivity index (χ3v) is 3.86. The van der Waals surface area contributed by atoms with E-state index in [-0.39, 0.29) is 12.0 Å². The summed E-state index contributed by atoms with van der Waals surface area (Å²) in [6.07, 6.45) is 5.30. The van der Waals surface area contributed by atoms with E-state index in [1.165, 1.54) is 6.20 Å². The molecule has 0 spiro atoms. The molecule has 1 aliphatic heterocycles. The van der Waals surface area contributed by atoms with Crippen LogP contribution in [0.5, 0.6) is 0 Å². The van der Waals surface area contributed by atoms with E-state index in [4.69, 9.17) is 10.00 Å². The number of H-pyrrole nitrogens is 1. The maximum atomic E-state index is 12.8. The van der Waals surface area contributed by atoms with Crippen LogP contribution in [0.25, 0.3) is 0 Å². The minimum Gasteiger partial charge on any atom is -0.376 e. The summed E-state index contributed by atoms with van der Waals surface area (Å²) >= 11 is 0. The summed E-state index contributed by atoms with van der Waals surface area (Å²) in [5.41, 5.74) is 1.68. The first-order valence-electron chi connectivity index (χ1n) is 7.65. The zero-order chi connectivity index (χ0) is 16.1. The second kappa shape index (κ2) is 7.07. The quantitative estimate of drug-likeness (QED) is 0.917. The van der Waals surface area contributed by atoms with Crippen molar-refractivity contribution in [1.82, 2.24) is 14.9 Å². The SMILES string of the molecule is N#Cc1c[nH]c(C(=O)N(Cc2ccccn2)CC2CCCO2)c1. The number of ether oxygens (including phenoxy) is 1. The van der Waals surface area contributed by atoms with Crippen LogP contribution in [0.4, 0.5) is 0 Å². The first-order chi connectivity index (χ1) is 11.3. The number of hydrogen-bond donors (Lipinski definition) is 1. The fourth-order valence-corrected chi connectivity index (χ4v) is 2.69. The average Bonchev–Trinajstić information content (AvgIpc) is 3.26. The summed E-state index contributed by atoms with van der Waals surface area (Å²) in [7, 11) is 0. The van der Waals surface area contributed by atoms with E-state index in [1.807, 2.05) is 24.3 Å². The van der Waals surface area contributed by atoms with Crippen LogP contribution in [0.15, 0.2) is 36.7 Å². The number of rotatable bonds is 5. The molecule has 0 saturated carbocycles. The number of nitrogens with zero attached hydrogens (tertiary/aromatic N) is 3. The Labute approximate surface area is 134 Å². The fourth-order valence-electron chi connectivity index (χ4n) is 2.69. The van der Waals surface area contributed by atoms with Gasteiger partial charge in [-0.15, -0.1) is 0 Å². The van der Waals surface area contributed by atoms with Crippen LogP contribution in [-0.4, -0.2) is 40.0 Å². The van der Waals surface area contributed by atoms with Gasteiger partial charge < -0.3 is 14.6 Å². The first-order valence-corrected chi connectivity index (χ1v) is 7.65. The zero-order valence-corrected chi connectivity index (χ0v) is 12.7. The van der Waals surface area contributed by atoms with Gasteiger partial charge in [0.2, 0.25) is 0 Å². The van der Waals surface area contributed by atoms with Gasteiger partial charge in [-0.1, -0.05) is 6.07 Å². The lowest BCUT2D eigenvalue weighted by molar-refractivity contribution is 0.0500. The Morgan fingerprint density at radius 3 is 3.09 bits per heavy atom. The fraction of sp³-hybridized carbons (Fsp3) is 0.353. The third kappa shape index (κ3) is 3.76. The number of aromatic amines is 1. The highest BCUT2D eigenvalue weighted by Gasteiger charge is 2.24. The highest BCUT2D eigenvalue weighted by Crippen LogP contribution is 2.17. The van der Waals surface area contributed by atoms with Crippen molar-refractivity contribution < 1.29 is 9.53 Å². The summed E-state index contributed by atoms with van der Waals surface area (Å²) in [6.45, 7) is 1.69. The molecule has 1 fully saturated rings. The van der Waals surface area contributed by atoms with Crippen molar-refractivity contribution in [1.29, 1.82) is 5.26 Å². The van der Waals surface area contributed by atoms with E-state index in [0.29, 0.717) is 24.3 Å². The molecule has 1 unspecified atom stereocenters. The van der Waals surface area contributed by atoms with E-state index < -0.39 is 0 Å². The Kier molecular flexibility index (Phi) is 4.69. The van der Waals surface area contributed by atoms with Crippen LogP contribution < -0.4 is 0 Å². The largest absolute Gasteiger partial charge is 0.376 e. The van der Waals surface area contributed by atoms with E-state index >= 15 is 0 Å². The van der Waals surface area contributed by atoms with Gasteiger partial charge >= 0.3 is 0 Å². The smallest absolute Gasteiger partial charge is 0.270 e. The Morgan fingerprint density at radius 2 is 2.43 bits per heavy atom. The molecule has 1 saturated heterocycles. The first kappa shape index (κ1) is 15.3. The van der Waals surface area contributed by atoms with Gasteiger partial charge in [0, 0.05) is 25.5 Å². The Bertz CT molecular complexity index is 699. The number of carbonyl (C=O) groups is 1. The molecule has 2 aromatic rings. The zero-order valence-electron chi connectivity index (χ0n) is 12.7. The summed E-state index contributed by atoms with van der Waals surface area (Å²) in [6, 6.07) is 9.24. The van der Waals surface area contributed by atoms with E-state index in [2.05, 4.69) is 9.97 Å². The minimum absolute atomic E-state index is 0.0630. The summed E-state index contributed by atoms with van der Waals surface area (Å²) in [5, 5.41) is 8.91. The molecule has 6 nitrogen and oxygen atoms in total. The van der Waals surface area contributed by atoms with Crippen LogP contribution in [-0.2, 0) is 11.3 Å². The lowest BCUT2D eigenvalue weighted by Crippen LogP contribution is -2.37. The number of pyridine rings is 1. The maximum Gasteiger partial charge on any atom is 0.270 e. The van der Waals surface area contributed by atoms with Gasteiger partial charge in [-0.05, 0) is 31.0 Å². The van der Waals surface area contributed by atoms with Crippen LogP contribution in [0, 0.1) is 11.3 Å². The molecule has 2 aromatic heterocycles. The predicted molar refractivity (Wildman–Crippen MR) is 83.5 cm³/mol. The van der Waals surface area contributed by atoms with Gasteiger partial charge in [-0.3, -0.25) is 9.78 Å². The maximum absolute atomic E-state index is 12.8. The van der Waals surface area contributed by atoms with Crippen molar-refractivity contribution in [2.75, 3.05) is 13.2 Å². The van der Waals surface area contributed by atoms with Crippen molar-refractivity contribution in [2.45, 2.75) is 25.5 Å². The van der Waals surface area contributed by atoms with Gasteiger partial charge in [0.05, 0.1) is 23.9 Å². The molecule has 0 bridgehead atoms. The highest BCUT2D eigenvalue weighted by molar-refractivity contribution is 5.92. The van der Waals surface area contributed by atoms with Gasteiger partial charge in [-0.25, -0.2) is 0 Å². The molecule has 1 atom stereocenters. The molecule has 0 radical (unpaired) electrons.